The summed E-state index contributed by atoms with van der Waals surface area (Å²) in [5.74, 6) is 0.917. The summed E-state index contributed by atoms with van der Waals surface area (Å²) >= 11 is 0. The molecule has 0 aliphatic carbocycles. The zero-order chi connectivity index (χ0) is 19.7. The smallest absolute Gasteiger partial charge is 0.257 e. The second kappa shape index (κ2) is 7.59. The van der Waals surface area contributed by atoms with Crippen LogP contribution in [0.1, 0.15) is 47.4 Å². The summed E-state index contributed by atoms with van der Waals surface area (Å²) in [6.45, 7) is 6.11. The minimum absolute atomic E-state index is 0.0530. The fourth-order valence-electron chi connectivity index (χ4n) is 3.72. The van der Waals surface area contributed by atoms with E-state index in [1.165, 1.54) is 0 Å². The van der Waals surface area contributed by atoms with E-state index < -0.39 is 0 Å². The molecule has 1 unspecified atom stereocenters. The van der Waals surface area contributed by atoms with Crippen LogP contribution < -0.4 is 10.1 Å². The number of benzene rings is 1. The maximum Gasteiger partial charge on any atom is 0.257 e. The van der Waals surface area contributed by atoms with E-state index in [9.17, 15) is 4.79 Å². The number of carbonyl (C=O) groups is 1. The molecule has 7 nitrogen and oxygen atoms in total. The zero-order valence-corrected chi connectivity index (χ0v) is 16.3. The van der Waals surface area contributed by atoms with Crippen molar-refractivity contribution in [2.75, 3.05) is 26.7 Å². The van der Waals surface area contributed by atoms with E-state index >= 15 is 0 Å². The Balaban J connectivity index is 1.71. The highest BCUT2D eigenvalue weighted by molar-refractivity contribution is 5.97. The number of para-hydroxylation sites is 1. The van der Waals surface area contributed by atoms with Crippen LogP contribution >= 0.6 is 0 Å². The van der Waals surface area contributed by atoms with Crippen molar-refractivity contribution in [3.8, 4) is 5.75 Å². The minimum atomic E-state index is -0.111. The molecule has 3 heterocycles. The van der Waals surface area contributed by atoms with Crippen LogP contribution in [0.5, 0.6) is 5.75 Å². The molecule has 3 aromatic rings. The molecule has 0 bridgehead atoms. The largest absolute Gasteiger partial charge is 0.496 e. The Morgan fingerprint density at radius 2 is 2.18 bits per heavy atom. The molecular weight excluding hydrogens is 356 g/mol. The fraction of sp³-hybridized carbons (Fsp3) is 0.381. The molecule has 0 spiro atoms. The number of fused-ring (bicyclic) bond motifs is 1. The number of hydrogen-bond donors (Lipinski definition) is 1. The van der Waals surface area contributed by atoms with Gasteiger partial charge in [-0.05, 0) is 18.1 Å². The summed E-state index contributed by atoms with van der Waals surface area (Å²) in [5.41, 5.74) is 2.81. The van der Waals surface area contributed by atoms with E-state index in [0.717, 1.165) is 28.9 Å². The number of ether oxygens (including phenoxy) is 1. The molecule has 146 valence electrons. The highest BCUT2D eigenvalue weighted by Gasteiger charge is 2.31. The van der Waals surface area contributed by atoms with Crippen LogP contribution in [0.25, 0.3) is 11.1 Å². The summed E-state index contributed by atoms with van der Waals surface area (Å²) in [6.07, 6.45) is 1.57. The second-order valence-electron chi connectivity index (χ2n) is 7.26. The lowest BCUT2D eigenvalue weighted by Gasteiger charge is -2.37. The third kappa shape index (κ3) is 3.22. The molecule has 1 aromatic carbocycles. The number of nitrogens with one attached hydrogen (secondary N) is 1. The highest BCUT2D eigenvalue weighted by Crippen LogP contribution is 2.32. The number of pyridine rings is 1. The average Bonchev–Trinajstić information content (AvgIpc) is 3.16. The third-order valence-electron chi connectivity index (χ3n) is 5.15. The molecular formula is C21H24N4O3. The van der Waals surface area contributed by atoms with Crippen LogP contribution in [0.2, 0.25) is 0 Å². The first-order chi connectivity index (χ1) is 13.6. The van der Waals surface area contributed by atoms with Gasteiger partial charge in [-0.1, -0.05) is 37.2 Å². The summed E-state index contributed by atoms with van der Waals surface area (Å²) in [4.78, 5) is 19.6. The molecule has 1 fully saturated rings. The predicted octanol–water partition coefficient (Wildman–Crippen LogP) is 3.14. The molecule has 7 heteroatoms. The number of amides is 1. The summed E-state index contributed by atoms with van der Waals surface area (Å²) in [7, 11) is 1.65. The van der Waals surface area contributed by atoms with E-state index in [4.69, 9.17) is 9.26 Å². The first kappa shape index (κ1) is 18.4. The van der Waals surface area contributed by atoms with Gasteiger partial charge in [0, 0.05) is 31.4 Å². The molecule has 1 saturated heterocycles. The number of piperazine rings is 1. The number of methoxy groups -OCH3 is 1. The van der Waals surface area contributed by atoms with Crippen molar-refractivity contribution >= 4 is 17.0 Å². The lowest BCUT2D eigenvalue weighted by Crippen LogP contribution is -2.48. The number of carbonyl (C=O) groups excluding carboxylic acids is 1. The third-order valence-corrected chi connectivity index (χ3v) is 5.15. The minimum Gasteiger partial charge on any atom is -0.496 e. The molecule has 1 N–H and O–H groups in total. The predicted molar refractivity (Wildman–Crippen MR) is 106 cm³/mol. The standard InChI is InChI=1S/C21H24N4O3/c1-13(2)19-16-10-14(11-23-20(16)28-24-19)21(26)25-9-8-22-12-17(25)15-6-4-5-7-18(15)27-3/h4-7,10-11,13,17,22H,8-9,12H2,1-3H3. The SMILES string of the molecule is COc1ccccc1C1CNCCN1C(=O)c1cnc2onc(C(C)C)c2c1. The maximum absolute atomic E-state index is 13.4. The van der Waals surface area contributed by atoms with E-state index in [-0.39, 0.29) is 17.9 Å². The molecule has 28 heavy (non-hydrogen) atoms. The average molecular weight is 380 g/mol. The Kier molecular flexibility index (Phi) is 5.00. The van der Waals surface area contributed by atoms with E-state index in [2.05, 4.69) is 15.5 Å². The lowest BCUT2D eigenvalue weighted by molar-refractivity contribution is 0.0631. The topological polar surface area (TPSA) is 80.5 Å². The van der Waals surface area contributed by atoms with Gasteiger partial charge in [-0.25, -0.2) is 4.98 Å². The number of rotatable bonds is 4. The van der Waals surface area contributed by atoms with Gasteiger partial charge < -0.3 is 19.5 Å². The van der Waals surface area contributed by atoms with Crippen molar-refractivity contribution < 1.29 is 14.1 Å². The Labute approximate surface area is 163 Å². The van der Waals surface area contributed by atoms with Crippen LogP contribution in [-0.2, 0) is 0 Å². The Morgan fingerprint density at radius 3 is 2.96 bits per heavy atom. The maximum atomic E-state index is 13.4. The first-order valence-electron chi connectivity index (χ1n) is 9.50. The van der Waals surface area contributed by atoms with Crippen molar-refractivity contribution in [1.82, 2.24) is 20.4 Å². The summed E-state index contributed by atoms with van der Waals surface area (Å²) < 4.78 is 10.8. The zero-order valence-electron chi connectivity index (χ0n) is 16.3. The van der Waals surface area contributed by atoms with Crippen LogP contribution in [0, 0.1) is 0 Å². The first-order valence-corrected chi connectivity index (χ1v) is 9.50. The molecule has 1 aliphatic heterocycles. The molecule has 1 aliphatic rings. The quantitative estimate of drug-likeness (QED) is 0.749. The van der Waals surface area contributed by atoms with Crippen molar-refractivity contribution in [2.45, 2.75) is 25.8 Å². The Bertz CT molecular complexity index is 998. The molecule has 2 aromatic heterocycles. The van der Waals surface area contributed by atoms with E-state index in [0.29, 0.717) is 24.4 Å². The normalized spacial score (nSPS) is 17.3. The molecule has 4 rings (SSSR count). The number of hydrogen-bond acceptors (Lipinski definition) is 6. The van der Waals surface area contributed by atoms with Crippen molar-refractivity contribution in [3.63, 3.8) is 0 Å². The Morgan fingerprint density at radius 1 is 1.36 bits per heavy atom. The van der Waals surface area contributed by atoms with Gasteiger partial charge in [0.1, 0.15) is 5.75 Å². The molecule has 1 amide bonds. The fourth-order valence-corrected chi connectivity index (χ4v) is 3.72. The Hall–Kier alpha value is -2.93. The van der Waals surface area contributed by atoms with Crippen LogP contribution in [0.3, 0.4) is 0 Å². The van der Waals surface area contributed by atoms with E-state index in [1.807, 2.05) is 49.1 Å². The van der Waals surface area contributed by atoms with Gasteiger partial charge in [-0.3, -0.25) is 4.79 Å². The van der Waals surface area contributed by atoms with Gasteiger partial charge in [0.05, 0.1) is 29.8 Å². The number of aromatic nitrogens is 2. The second-order valence-corrected chi connectivity index (χ2v) is 7.26. The highest BCUT2D eigenvalue weighted by atomic mass is 16.5. The van der Waals surface area contributed by atoms with Gasteiger partial charge in [0.15, 0.2) is 0 Å². The van der Waals surface area contributed by atoms with E-state index in [1.54, 1.807) is 13.3 Å². The van der Waals surface area contributed by atoms with Gasteiger partial charge in [0.25, 0.3) is 11.6 Å². The van der Waals surface area contributed by atoms with Crippen LogP contribution in [-0.4, -0.2) is 47.7 Å². The summed E-state index contributed by atoms with van der Waals surface area (Å²) in [6, 6.07) is 9.57. The molecule has 0 saturated carbocycles. The monoisotopic (exact) mass is 380 g/mol. The van der Waals surface area contributed by atoms with Gasteiger partial charge in [-0.15, -0.1) is 0 Å². The molecule has 1 atom stereocenters. The van der Waals surface area contributed by atoms with Crippen LogP contribution in [0.4, 0.5) is 0 Å². The van der Waals surface area contributed by atoms with Gasteiger partial charge in [0.2, 0.25) is 0 Å². The summed E-state index contributed by atoms with van der Waals surface area (Å²) in [5, 5.41) is 8.28. The number of nitrogens with zero attached hydrogens (tertiary/aromatic N) is 3. The molecule has 0 radical (unpaired) electrons. The lowest BCUT2D eigenvalue weighted by atomic mass is 10.0. The van der Waals surface area contributed by atoms with Crippen LogP contribution in [0.15, 0.2) is 41.1 Å². The van der Waals surface area contributed by atoms with Crippen molar-refractivity contribution in [2.24, 2.45) is 0 Å². The van der Waals surface area contributed by atoms with Crippen molar-refractivity contribution in [1.29, 1.82) is 0 Å². The van der Waals surface area contributed by atoms with Gasteiger partial charge in [-0.2, -0.15) is 0 Å². The van der Waals surface area contributed by atoms with Gasteiger partial charge >= 0.3 is 0 Å². The van der Waals surface area contributed by atoms with Crippen molar-refractivity contribution in [3.05, 3.63) is 53.3 Å².